The summed E-state index contributed by atoms with van der Waals surface area (Å²) in [7, 11) is 0. The first kappa shape index (κ1) is 30.6. The van der Waals surface area contributed by atoms with Gasteiger partial charge in [-0.2, -0.15) is 17.6 Å². The van der Waals surface area contributed by atoms with Crippen LogP contribution in [0.3, 0.4) is 0 Å². The fourth-order valence-corrected chi connectivity index (χ4v) is 10.4. The fraction of sp³-hybridized carbons (Fsp3) is 0.903. The number of esters is 3. The lowest BCUT2D eigenvalue weighted by atomic mass is 9.49. The molecule has 0 atom stereocenters. The largest absolute Gasteiger partial charge is 0.465 e. The summed E-state index contributed by atoms with van der Waals surface area (Å²) in [6.45, 7) is -0.474. The van der Waals surface area contributed by atoms with Gasteiger partial charge in [0, 0.05) is 0 Å². The average molecular weight is 666 g/mol. The maximum absolute atomic E-state index is 13.8. The van der Waals surface area contributed by atoms with Gasteiger partial charge in [-0.05, 0) is 135 Å². The molecule has 8 aliphatic carbocycles. The fourth-order valence-electron chi connectivity index (χ4n) is 10.2. The lowest BCUT2D eigenvalue weighted by Gasteiger charge is -2.55. The normalized spacial score (nSPS) is 39.6. The SMILES string of the molecule is CC(COC(=O)C12CC3CC(CC(C3)C1)C2)(COC(=O)C12CC3CC(CC(C3)C1)C2)C(=O)OCCC(F)(F)C(F)(F)Br. The molecule has 8 rings (SSSR count). The Morgan fingerprint density at radius 2 is 1.00 bits per heavy atom. The van der Waals surface area contributed by atoms with Gasteiger partial charge in [-0.15, -0.1) is 0 Å². The Labute approximate surface area is 252 Å². The van der Waals surface area contributed by atoms with E-state index >= 15 is 0 Å². The summed E-state index contributed by atoms with van der Waals surface area (Å²) >= 11 is 1.68. The van der Waals surface area contributed by atoms with Crippen molar-refractivity contribution < 1.29 is 46.2 Å². The third-order valence-electron chi connectivity index (χ3n) is 11.5. The molecule has 42 heavy (non-hydrogen) atoms. The Balaban J connectivity index is 1.13. The zero-order valence-electron chi connectivity index (χ0n) is 24.1. The molecule has 0 saturated heterocycles. The molecular weight excluding hydrogens is 624 g/mol. The minimum absolute atomic E-state index is 0.376. The minimum Gasteiger partial charge on any atom is -0.465 e. The van der Waals surface area contributed by atoms with Crippen LogP contribution in [0.4, 0.5) is 17.6 Å². The van der Waals surface area contributed by atoms with E-state index in [1.165, 1.54) is 6.92 Å². The number of alkyl halides is 5. The molecule has 0 spiro atoms. The van der Waals surface area contributed by atoms with Gasteiger partial charge < -0.3 is 14.2 Å². The first-order chi connectivity index (χ1) is 19.6. The molecule has 0 heterocycles. The van der Waals surface area contributed by atoms with E-state index in [1.807, 2.05) is 0 Å². The summed E-state index contributed by atoms with van der Waals surface area (Å²) in [6, 6.07) is 0. The summed E-state index contributed by atoms with van der Waals surface area (Å²) in [5.74, 6) is -3.26. The van der Waals surface area contributed by atoms with Crippen LogP contribution in [0.5, 0.6) is 0 Å². The van der Waals surface area contributed by atoms with Crippen LogP contribution >= 0.6 is 15.9 Å². The second-order valence-electron chi connectivity index (χ2n) is 15.2. The summed E-state index contributed by atoms with van der Waals surface area (Å²) in [5.41, 5.74) is -2.85. The monoisotopic (exact) mass is 664 g/mol. The molecule has 0 aromatic rings. The minimum atomic E-state index is -4.46. The standard InChI is InChI=1S/C31H41BrF4O6/c1-27(24(37)40-3-2-30(33,34)31(32,35)36,16-41-25(38)28-10-18-4-19(11-28)6-20(5-18)12-28)17-42-26(39)29-13-21-7-22(14-29)9-23(8-21)15-29/h18-23H,2-17H2,1H3. The number of carbonyl (C=O) groups is 3. The van der Waals surface area contributed by atoms with Crippen molar-refractivity contribution in [1.82, 2.24) is 0 Å². The predicted molar refractivity (Wildman–Crippen MR) is 146 cm³/mol. The van der Waals surface area contributed by atoms with E-state index in [2.05, 4.69) is 0 Å². The molecule has 236 valence electrons. The van der Waals surface area contributed by atoms with Crippen molar-refractivity contribution in [3.8, 4) is 0 Å². The first-order valence-electron chi connectivity index (χ1n) is 15.6. The van der Waals surface area contributed by atoms with Gasteiger partial charge in [0.2, 0.25) is 0 Å². The number of ether oxygens (including phenoxy) is 3. The molecular formula is C31H41BrF4O6. The molecule has 8 fully saturated rings. The molecule has 0 N–H and O–H groups in total. The van der Waals surface area contributed by atoms with Crippen molar-refractivity contribution in [3.63, 3.8) is 0 Å². The molecule has 6 nitrogen and oxygen atoms in total. The number of carbonyl (C=O) groups excluding carboxylic acids is 3. The van der Waals surface area contributed by atoms with E-state index in [9.17, 15) is 31.9 Å². The highest BCUT2D eigenvalue weighted by Gasteiger charge is 2.58. The highest BCUT2D eigenvalue weighted by atomic mass is 79.9. The van der Waals surface area contributed by atoms with Gasteiger partial charge in [0.1, 0.15) is 18.6 Å². The summed E-state index contributed by atoms with van der Waals surface area (Å²) < 4.78 is 70.6. The van der Waals surface area contributed by atoms with E-state index < -0.39 is 59.2 Å². The maximum Gasteiger partial charge on any atom is 0.363 e. The highest BCUT2D eigenvalue weighted by Crippen LogP contribution is 2.61. The topological polar surface area (TPSA) is 78.9 Å². The van der Waals surface area contributed by atoms with Crippen molar-refractivity contribution >= 4 is 33.8 Å². The van der Waals surface area contributed by atoms with Crippen molar-refractivity contribution in [2.24, 2.45) is 51.8 Å². The van der Waals surface area contributed by atoms with Crippen LogP contribution < -0.4 is 0 Å². The molecule has 0 aromatic heterocycles. The molecule has 0 unspecified atom stereocenters. The first-order valence-corrected chi connectivity index (χ1v) is 16.4. The lowest BCUT2D eigenvalue weighted by Crippen LogP contribution is -2.52. The molecule has 8 bridgehead atoms. The zero-order valence-corrected chi connectivity index (χ0v) is 25.7. The molecule has 11 heteroatoms. The van der Waals surface area contributed by atoms with Crippen LogP contribution in [0, 0.1) is 51.8 Å². The van der Waals surface area contributed by atoms with Gasteiger partial charge in [-0.25, -0.2) is 0 Å². The Kier molecular flexibility index (Phi) is 7.74. The van der Waals surface area contributed by atoms with Crippen LogP contribution in [0.15, 0.2) is 0 Å². The molecule has 0 radical (unpaired) electrons. The quantitative estimate of drug-likeness (QED) is 0.102. The predicted octanol–water partition coefficient (Wildman–Crippen LogP) is 7.07. The summed E-state index contributed by atoms with van der Waals surface area (Å²) in [4.78, 5) is 35.8. The number of rotatable bonds is 11. The van der Waals surface area contributed by atoms with Crippen LogP contribution in [-0.2, 0) is 28.6 Å². The van der Waals surface area contributed by atoms with Gasteiger partial charge >= 0.3 is 28.7 Å². The van der Waals surface area contributed by atoms with Gasteiger partial charge in [0.05, 0.1) is 23.9 Å². The molecule has 8 saturated carbocycles. The third-order valence-corrected chi connectivity index (χ3v) is 12.1. The molecule has 0 aliphatic heterocycles. The summed E-state index contributed by atoms with van der Waals surface area (Å²) in [6.07, 6.45) is 9.95. The van der Waals surface area contributed by atoms with Crippen molar-refractivity contribution in [2.45, 2.75) is 101 Å². The number of hydrogen-bond acceptors (Lipinski definition) is 6. The second kappa shape index (κ2) is 10.6. The van der Waals surface area contributed by atoms with Crippen LogP contribution in [0.2, 0.25) is 0 Å². The Hall–Kier alpha value is -1.39. The van der Waals surface area contributed by atoms with Crippen LogP contribution in [0.25, 0.3) is 0 Å². The number of hydrogen-bond donors (Lipinski definition) is 0. The summed E-state index contributed by atoms with van der Waals surface area (Å²) in [5, 5.41) is 0. The smallest absolute Gasteiger partial charge is 0.363 e. The van der Waals surface area contributed by atoms with Gasteiger partial charge in [0.15, 0.2) is 0 Å². The maximum atomic E-state index is 13.8. The Bertz CT molecular complexity index is 973. The Morgan fingerprint density at radius 1 is 0.667 bits per heavy atom. The molecule has 0 amide bonds. The van der Waals surface area contributed by atoms with Gasteiger partial charge in [0.25, 0.3) is 0 Å². The number of halogens is 5. The Morgan fingerprint density at radius 3 is 1.31 bits per heavy atom. The second-order valence-corrected chi connectivity index (χ2v) is 16.2. The van der Waals surface area contributed by atoms with E-state index in [-0.39, 0.29) is 11.9 Å². The van der Waals surface area contributed by atoms with Crippen molar-refractivity contribution in [3.05, 3.63) is 0 Å². The van der Waals surface area contributed by atoms with E-state index in [1.54, 1.807) is 15.9 Å². The van der Waals surface area contributed by atoms with Crippen LogP contribution in [-0.4, -0.2) is 48.5 Å². The van der Waals surface area contributed by atoms with Crippen molar-refractivity contribution in [2.75, 3.05) is 19.8 Å². The molecule has 8 aliphatic rings. The van der Waals surface area contributed by atoms with Crippen molar-refractivity contribution in [1.29, 1.82) is 0 Å². The van der Waals surface area contributed by atoms with Crippen LogP contribution in [0.1, 0.15) is 90.4 Å². The zero-order chi connectivity index (χ0) is 30.1. The molecule has 0 aromatic carbocycles. The van der Waals surface area contributed by atoms with E-state index in [0.717, 1.165) is 77.0 Å². The average Bonchev–Trinajstić information content (AvgIpc) is 2.88. The van der Waals surface area contributed by atoms with E-state index in [0.29, 0.717) is 35.5 Å². The highest BCUT2D eigenvalue weighted by molar-refractivity contribution is 9.10. The van der Waals surface area contributed by atoms with E-state index in [4.69, 9.17) is 14.2 Å². The van der Waals surface area contributed by atoms with Gasteiger partial charge in [-0.3, -0.25) is 14.4 Å². The lowest BCUT2D eigenvalue weighted by molar-refractivity contribution is -0.189. The van der Waals surface area contributed by atoms with Gasteiger partial charge in [-0.1, -0.05) is 0 Å². The third kappa shape index (κ3) is 5.62.